The lowest BCUT2D eigenvalue weighted by atomic mass is 10.1. The number of hydrogen-bond acceptors (Lipinski definition) is 4. The first kappa shape index (κ1) is 16.1. The molecule has 0 aliphatic heterocycles. The van der Waals surface area contributed by atoms with Crippen LogP contribution in [0.4, 0.5) is 5.69 Å². The highest BCUT2D eigenvalue weighted by Crippen LogP contribution is 2.26. The number of benzene rings is 2. The normalized spacial score (nSPS) is 11.5. The van der Waals surface area contributed by atoms with E-state index in [9.17, 15) is 14.9 Å². The molecule has 0 aliphatic carbocycles. The quantitative estimate of drug-likeness (QED) is 0.411. The van der Waals surface area contributed by atoms with Crippen LogP contribution in [0.3, 0.4) is 0 Å². The van der Waals surface area contributed by atoms with Crippen molar-refractivity contribution >= 4 is 27.5 Å². The van der Waals surface area contributed by atoms with Crippen LogP contribution in [0, 0.1) is 10.1 Å². The number of non-ortho nitro benzene ring substituents is 1. The zero-order valence-corrected chi connectivity index (χ0v) is 13.7. The summed E-state index contributed by atoms with van der Waals surface area (Å²) in [5.74, 6) is 0. The van der Waals surface area contributed by atoms with Gasteiger partial charge in [-0.2, -0.15) is 0 Å². The van der Waals surface area contributed by atoms with Gasteiger partial charge in [-0.1, -0.05) is 18.2 Å². The summed E-state index contributed by atoms with van der Waals surface area (Å²) in [6, 6.07) is 12.1. The van der Waals surface area contributed by atoms with Crippen LogP contribution >= 0.6 is 0 Å². The number of nitrogens with zero attached hydrogens (tertiary/aromatic N) is 3. The first-order valence-corrected chi connectivity index (χ1v) is 7.84. The van der Waals surface area contributed by atoms with Crippen LogP contribution in [0.1, 0.15) is 6.42 Å². The fourth-order valence-corrected chi connectivity index (χ4v) is 3.09. The van der Waals surface area contributed by atoms with Crippen molar-refractivity contribution in [2.45, 2.75) is 13.0 Å². The molecule has 0 atom stereocenters. The Kier molecular flexibility index (Phi) is 4.31. The summed E-state index contributed by atoms with van der Waals surface area (Å²) in [6.07, 6.45) is 0.887. The first-order valence-electron chi connectivity index (χ1n) is 7.84. The standard InChI is InChI=1S/C18H19N3O3/c1-19(2)11-6-12-20-14-8-4-3-7-13(14)18(22)17-15(20)9-5-10-16(17)21(23)24/h3-5,7-10H,6,11-12H2,1-2H3. The highest BCUT2D eigenvalue weighted by Gasteiger charge is 2.19. The fraction of sp³-hybridized carbons (Fsp3) is 0.278. The maximum absolute atomic E-state index is 12.8. The van der Waals surface area contributed by atoms with Gasteiger partial charge in [0.05, 0.1) is 16.0 Å². The highest BCUT2D eigenvalue weighted by molar-refractivity contribution is 5.98. The molecule has 0 N–H and O–H groups in total. The van der Waals surface area contributed by atoms with Crippen LogP contribution < -0.4 is 5.43 Å². The highest BCUT2D eigenvalue weighted by atomic mass is 16.6. The number of pyridine rings is 1. The topological polar surface area (TPSA) is 68.4 Å². The number of aryl methyl sites for hydroxylation is 1. The lowest BCUT2D eigenvalue weighted by Crippen LogP contribution is -2.17. The average molecular weight is 325 g/mol. The van der Waals surface area contributed by atoms with Gasteiger partial charge < -0.3 is 9.47 Å². The molecule has 0 saturated carbocycles. The van der Waals surface area contributed by atoms with Crippen LogP contribution in [0.2, 0.25) is 0 Å². The molecule has 0 spiro atoms. The minimum atomic E-state index is -0.483. The summed E-state index contributed by atoms with van der Waals surface area (Å²) in [4.78, 5) is 25.8. The molecule has 0 saturated heterocycles. The lowest BCUT2D eigenvalue weighted by molar-refractivity contribution is -0.383. The molecule has 0 bridgehead atoms. The van der Waals surface area contributed by atoms with Crippen molar-refractivity contribution in [1.82, 2.24) is 9.47 Å². The van der Waals surface area contributed by atoms with E-state index in [1.165, 1.54) is 6.07 Å². The molecule has 3 rings (SSSR count). The van der Waals surface area contributed by atoms with E-state index >= 15 is 0 Å². The molecule has 0 aliphatic rings. The molecule has 0 radical (unpaired) electrons. The van der Waals surface area contributed by atoms with E-state index in [1.807, 2.05) is 30.8 Å². The van der Waals surface area contributed by atoms with E-state index < -0.39 is 4.92 Å². The predicted molar refractivity (Wildman–Crippen MR) is 95.5 cm³/mol. The number of nitro benzene ring substituents is 1. The second-order valence-corrected chi connectivity index (χ2v) is 6.08. The van der Waals surface area contributed by atoms with Crippen molar-refractivity contribution in [2.24, 2.45) is 0 Å². The maximum Gasteiger partial charge on any atom is 0.282 e. The Morgan fingerprint density at radius 2 is 1.79 bits per heavy atom. The summed E-state index contributed by atoms with van der Waals surface area (Å²) >= 11 is 0. The van der Waals surface area contributed by atoms with Gasteiger partial charge in [0.25, 0.3) is 5.69 Å². The van der Waals surface area contributed by atoms with E-state index in [0.717, 1.165) is 18.5 Å². The fourth-order valence-electron chi connectivity index (χ4n) is 3.09. The molecule has 0 amide bonds. The summed E-state index contributed by atoms with van der Waals surface area (Å²) in [6.45, 7) is 1.59. The van der Waals surface area contributed by atoms with Crippen molar-refractivity contribution in [3.05, 3.63) is 62.8 Å². The van der Waals surface area contributed by atoms with E-state index in [-0.39, 0.29) is 16.5 Å². The molecule has 0 unspecified atom stereocenters. The van der Waals surface area contributed by atoms with Gasteiger partial charge in [0, 0.05) is 18.0 Å². The summed E-state index contributed by atoms with van der Waals surface area (Å²) in [5.41, 5.74) is 1.02. The van der Waals surface area contributed by atoms with Gasteiger partial charge in [0.1, 0.15) is 5.39 Å². The van der Waals surface area contributed by atoms with Crippen molar-refractivity contribution in [2.75, 3.05) is 20.6 Å². The Bertz CT molecular complexity index is 976. The summed E-state index contributed by atoms with van der Waals surface area (Å²) in [7, 11) is 4.01. The van der Waals surface area contributed by atoms with Crippen molar-refractivity contribution in [3.8, 4) is 0 Å². The Labute approximate surface area is 139 Å². The van der Waals surface area contributed by atoms with Gasteiger partial charge in [-0.15, -0.1) is 0 Å². The maximum atomic E-state index is 12.8. The molecule has 3 aromatic rings. The van der Waals surface area contributed by atoms with E-state index in [2.05, 4.69) is 4.90 Å². The Morgan fingerprint density at radius 3 is 2.50 bits per heavy atom. The number of hydrogen-bond donors (Lipinski definition) is 0. The molecule has 0 fully saturated rings. The van der Waals surface area contributed by atoms with Gasteiger partial charge in [0.2, 0.25) is 5.43 Å². The third-order valence-corrected chi connectivity index (χ3v) is 4.16. The largest absolute Gasteiger partial charge is 0.340 e. The molecular formula is C18H19N3O3. The Morgan fingerprint density at radius 1 is 1.08 bits per heavy atom. The third kappa shape index (κ3) is 2.76. The third-order valence-electron chi connectivity index (χ3n) is 4.16. The molecule has 6 nitrogen and oxygen atoms in total. The van der Waals surface area contributed by atoms with Gasteiger partial charge in [-0.05, 0) is 45.3 Å². The molecule has 1 aromatic heterocycles. The first-order chi connectivity index (χ1) is 11.5. The number of aromatic nitrogens is 1. The van der Waals surface area contributed by atoms with Crippen LogP contribution in [0.15, 0.2) is 47.3 Å². The smallest absolute Gasteiger partial charge is 0.282 e. The molecule has 2 aromatic carbocycles. The van der Waals surface area contributed by atoms with Crippen LogP contribution in [-0.2, 0) is 6.54 Å². The van der Waals surface area contributed by atoms with Crippen LogP contribution in [0.25, 0.3) is 21.8 Å². The van der Waals surface area contributed by atoms with Crippen molar-refractivity contribution in [3.63, 3.8) is 0 Å². The minimum Gasteiger partial charge on any atom is -0.340 e. The van der Waals surface area contributed by atoms with E-state index in [1.54, 1.807) is 24.3 Å². The summed E-state index contributed by atoms with van der Waals surface area (Å²) in [5, 5.41) is 12.1. The van der Waals surface area contributed by atoms with Crippen LogP contribution in [-0.4, -0.2) is 35.0 Å². The predicted octanol–water partition coefficient (Wildman–Crippen LogP) is 3.01. The van der Waals surface area contributed by atoms with E-state index in [0.29, 0.717) is 17.4 Å². The Hall–Kier alpha value is -2.73. The van der Waals surface area contributed by atoms with Gasteiger partial charge in [0.15, 0.2) is 0 Å². The SMILES string of the molecule is CN(C)CCCn1c2ccccc2c(=O)c2c([N+](=O)[O-])cccc21. The second kappa shape index (κ2) is 6.41. The minimum absolute atomic E-state index is 0.135. The molecular weight excluding hydrogens is 306 g/mol. The summed E-state index contributed by atoms with van der Waals surface area (Å²) < 4.78 is 2.02. The molecule has 124 valence electrons. The number of nitro groups is 1. The number of fused-ring (bicyclic) bond motifs is 2. The zero-order chi connectivity index (χ0) is 17.3. The van der Waals surface area contributed by atoms with E-state index in [4.69, 9.17) is 0 Å². The van der Waals surface area contributed by atoms with Crippen molar-refractivity contribution < 1.29 is 4.92 Å². The van der Waals surface area contributed by atoms with Gasteiger partial charge in [-0.25, -0.2) is 0 Å². The van der Waals surface area contributed by atoms with Gasteiger partial charge >= 0.3 is 0 Å². The monoisotopic (exact) mass is 325 g/mol. The molecule has 1 heterocycles. The molecule has 24 heavy (non-hydrogen) atoms. The number of para-hydroxylation sites is 1. The second-order valence-electron chi connectivity index (χ2n) is 6.08. The zero-order valence-electron chi connectivity index (χ0n) is 13.7. The molecule has 6 heteroatoms. The lowest BCUT2D eigenvalue weighted by Gasteiger charge is -2.16. The average Bonchev–Trinajstić information content (AvgIpc) is 2.57. The van der Waals surface area contributed by atoms with Gasteiger partial charge in [-0.3, -0.25) is 14.9 Å². The number of rotatable bonds is 5. The Balaban J connectivity index is 2.33. The van der Waals surface area contributed by atoms with Crippen LogP contribution in [0.5, 0.6) is 0 Å². The van der Waals surface area contributed by atoms with Crippen molar-refractivity contribution in [1.29, 1.82) is 0 Å².